The van der Waals surface area contributed by atoms with Gasteiger partial charge in [0.15, 0.2) is 11.5 Å². The molecule has 0 aliphatic rings. The standard InChI is InChI=1S/C31H33BrN4O5S/c1-20-13-21(2)15-27(14-20)35(42(38,39)28-11-12-29(40-5)30(17-28)41-6)19-31(37)34-33-18-24-16-22(3)36(23(24)4)26-9-7-25(32)8-10-26/h7-18H,19H2,1-6H3,(H,34,37)/b33-18-. The molecule has 0 aliphatic carbocycles. The Kier molecular flexibility index (Phi) is 9.43. The first-order chi connectivity index (χ1) is 19.9. The molecule has 0 atom stereocenters. The van der Waals surface area contributed by atoms with E-state index in [0.717, 1.165) is 42.5 Å². The number of aromatic nitrogens is 1. The third-order valence-corrected chi connectivity index (χ3v) is 8.97. The summed E-state index contributed by atoms with van der Waals surface area (Å²) >= 11 is 3.46. The number of benzene rings is 3. The number of nitrogens with one attached hydrogen (secondary N) is 1. The lowest BCUT2D eigenvalue weighted by molar-refractivity contribution is -0.119. The molecule has 0 aliphatic heterocycles. The molecule has 3 aromatic carbocycles. The Morgan fingerprint density at radius 3 is 2.19 bits per heavy atom. The molecule has 4 rings (SSSR count). The van der Waals surface area contributed by atoms with E-state index in [1.165, 1.54) is 32.4 Å². The molecule has 0 spiro atoms. The van der Waals surface area contributed by atoms with Crippen molar-refractivity contribution in [3.8, 4) is 17.2 Å². The minimum Gasteiger partial charge on any atom is -0.493 e. The van der Waals surface area contributed by atoms with Crippen molar-refractivity contribution in [2.24, 2.45) is 5.10 Å². The smallest absolute Gasteiger partial charge is 0.264 e. The van der Waals surface area contributed by atoms with E-state index >= 15 is 0 Å². The zero-order valence-electron chi connectivity index (χ0n) is 24.3. The van der Waals surface area contributed by atoms with Gasteiger partial charge in [-0.15, -0.1) is 0 Å². The Morgan fingerprint density at radius 2 is 1.57 bits per heavy atom. The number of amides is 1. The maximum Gasteiger partial charge on any atom is 0.264 e. The number of carbonyl (C=O) groups is 1. The van der Waals surface area contributed by atoms with E-state index in [9.17, 15) is 13.2 Å². The number of carbonyl (C=O) groups excluding carboxylic acids is 1. The zero-order chi connectivity index (χ0) is 30.6. The monoisotopic (exact) mass is 652 g/mol. The average molecular weight is 654 g/mol. The van der Waals surface area contributed by atoms with E-state index in [4.69, 9.17) is 9.47 Å². The number of hydrogen-bond donors (Lipinski definition) is 1. The van der Waals surface area contributed by atoms with E-state index in [2.05, 4.69) is 31.0 Å². The molecule has 1 heterocycles. The molecule has 11 heteroatoms. The molecule has 9 nitrogen and oxygen atoms in total. The van der Waals surface area contributed by atoms with Crippen LogP contribution in [0.1, 0.15) is 28.1 Å². The third kappa shape index (κ3) is 6.69. The van der Waals surface area contributed by atoms with E-state index in [-0.39, 0.29) is 10.6 Å². The number of nitrogens with zero attached hydrogens (tertiary/aromatic N) is 3. The first kappa shape index (κ1) is 30.9. The number of rotatable bonds is 10. The predicted molar refractivity (Wildman–Crippen MR) is 169 cm³/mol. The van der Waals surface area contributed by atoms with Crippen LogP contribution < -0.4 is 19.2 Å². The lowest BCUT2D eigenvalue weighted by Crippen LogP contribution is -2.39. The van der Waals surface area contributed by atoms with Crippen molar-refractivity contribution in [2.75, 3.05) is 25.1 Å². The molecule has 4 aromatic rings. The molecule has 42 heavy (non-hydrogen) atoms. The summed E-state index contributed by atoms with van der Waals surface area (Å²) in [4.78, 5) is 13.1. The Bertz CT molecular complexity index is 1730. The van der Waals surface area contributed by atoms with Crippen LogP contribution in [0.5, 0.6) is 11.5 Å². The van der Waals surface area contributed by atoms with Gasteiger partial charge in [-0.2, -0.15) is 5.10 Å². The molecule has 1 aromatic heterocycles. The molecular formula is C31H33BrN4O5S. The SMILES string of the molecule is COc1ccc(S(=O)(=O)N(CC(=O)N/N=C\c2cc(C)n(-c3ccc(Br)cc3)c2C)c2cc(C)cc(C)c2)cc1OC. The summed E-state index contributed by atoms with van der Waals surface area (Å²) in [6.45, 7) is 7.20. The number of hydrazone groups is 1. The quantitative estimate of drug-likeness (QED) is 0.171. The van der Waals surface area contributed by atoms with Crippen LogP contribution in [0.4, 0.5) is 5.69 Å². The molecule has 0 radical (unpaired) electrons. The highest BCUT2D eigenvalue weighted by Gasteiger charge is 2.29. The largest absolute Gasteiger partial charge is 0.493 e. The van der Waals surface area contributed by atoms with E-state index in [1.54, 1.807) is 18.3 Å². The fourth-order valence-corrected chi connectivity index (χ4v) is 6.44. The molecule has 0 unspecified atom stereocenters. The van der Waals surface area contributed by atoms with Gasteiger partial charge in [-0.3, -0.25) is 9.10 Å². The van der Waals surface area contributed by atoms with Gasteiger partial charge in [0.1, 0.15) is 6.54 Å². The van der Waals surface area contributed by atoms with Gasteiger partial charge in [-0.25, -0.2) is 13.8 Å². The average Bonchev–Trinajstić information content (AvgIpc) is 3.23. The summed E-state index contributed by atoms with van der Waals surface area (Å²) in [5.41, 5.74) is 8.34. The zero-order valence-corrected chi connectivity index (χ0v) is 26.7. The summed E-state index contributed by atoms with van der Waals surface area (Å²) in [5, 5.41) is 4.15. The minimum atomic E-state index is -4.18. The van der Waals surface area contributed by atoms with E-state index in [1.807, 2.05) is 64.1 Å². The van der Waals surface area contributed by atoms with Crippen molar-refractivity contribution >= 4 is 43.8 Å². The van der Waals surface area contributed by atoms with Gasteiger partial charge in [0.2, 0.25) is 0 Å². The number of aryl methyl sites for hydroxylation is 3. The maximum atomic E-state index is 13.9. The van der Waals surface area contributed by atoms with Gasteiger partial charge >= 0.3 is 0 Å². The maximum absolute atomic E-state index is 13.9. The number of halogens is 1. The van der Waals surface area contributed by atoms with Crippen LogP contribution in [0.3, 0.4) is 0 Å². The fraction of sp³-hybridized carbons (Fsp3) is 0.226. The third-order valence-electron chi connectivity index (χ3n) is 6.67. The van der Waals surface area contributed by atoms with Crippen LogP contribution in [-0.4, -0.2) is 45.9 Å². The minimum absolute atomic E-state index is 0.0454. The normalized spacial score (nSPS) is 11.5. The highest BCUT2D eigenvalue weighted by Crippen LogP contribution is 2.32. The molecule has 1 N–H and O–H groups in total. The molecule has 0 saturated carbocycles. The van der Waals surface area contributed by atoms with Crippen molar-refractivity contribution < 1.29 is 22.7 Å². The number of sulfonamides is 1. The molecule has 0 fully saturated rings. The van der Waals surface area contributed by atoms with Crippen molar-refractivity contribution in [1.82, 2.24) is 9.99 Å². The van der Waals surface area contributed by atoms with Crippen LogP contribution in [0.2, 0.25) is 0 Å². The van der Waals surface area contributed by atoms with Gasteiger partial charge in [0, 0.05) is 33.2 Å². The van der Waals surface area contributed by atoms with Crippen LogP contribution in [0.15, 0.2) is 81.2 Å². The lowest BCUT2D eigenvalue weighted by Gasteiger charge is -2.25. The van der Waals surface area contributed by atoms with Gasteiger partial charge in [0.25, 0.3) is 15.9 Å². The Labute approximate surface area is 254 Å². The second kappa shape index (κ2) is 12.8. The van der Waals surface area contributed by atoms with Crippen LogP contribution in [0, 0.1) is 27.7 Å². The number of anilines is 1. The second-order valence-corrected chi connectivity index (χ2v) is 12.6. The summed E-state index contributed by atoms with van der Waals surface area (Å²) in [6, 6.07) is 19.6. The summed E-state index contributed by atoms with van der Waals surface area (Å²) in [7, 11) is -1.28. The number of ether oxygens (including phenoxy) is 2. The second-order valence-electron chi connectivity index (χ2n) is 9.81. The van der Waals surface area contributed by atoms with E-state index in [0.29, 0.717) is 11.4 Å². The first-order valence-electron chi connectivity index (χ1n) is 13.0. The van der Waals surface area contributed by atoms with Crippen LogP contribution in [0.25, 0.3) is 5.69 Å². The topological polar surface area (TPSA) is 102 Å². The lowest BCUT2D eigenvalue weighted by atomic mass is 10.1. The molecule has 0 saturated heterocycles. The Hall–Kier alpha value is -4.09. The molecule has 0 bridgehead atoms. The number of methoxy groups -OCH3 is 2. The fourth-order valence-electron chi connectivity index (χ4n) is 4.76. The van der Waals surface area contributed by atoms with Crippen molar-refractivity contribution in [3.05, 3.63) is 99.3 Å². The van der Waals surface area contributed by atoms with Gasteiger partial charge < -0.3 is 14.0 Å². The highest BCUT2D eigenvalue weighted by atomic mass is 79.9. The number of hydrogen-bond acceptors (Lipinski definition) is 6. The predicted octanol–water partition coefficient (Wildman–Crippen LogP) is 5.84. The first-order valence-corrected chi connectivity index (χ1v) is 15.3. The summed E-state index contributed by atoms with van der Waals surface area (Å²) < 4.78 is 42.5. The van der Waals surface area contributed by atoms with Crippen molar-refractivity contribution in [1.29, 1.82) is 0 Å². The van der Waals surface area contributed by atoms with Crippen molar-refractivity contribution in [3.63, 3.8) is 0 Å². The van der Waals surface area contributed by atoms with Gasteiger partial charge in [-0.05, 0) is 93.4 Å². The van der Waals surface area contributed by atoms with Gasteiger partial charge in [0.05, 0.1) is 31.0 Å². The van der Waals surface area contributed by atoms with Crippen LogP contribution >= 0.6 is 15.9 Å². The summed E-state index contributed by atoms with van der Waals surface area (Å²) in [6.07, 6.45) is 1.56. The molecule has 1 amide bonds. The molecular weight excluding hydrogens is 620 g/mol. The molecule has 220 valence electrons. The highest BCUT2D eigenvalue weighted by molar-refractivity contribution is 9.10. The van der Waals surface area contributed by atoms with Crippen molar-refractivity contribution in [2.45, 2.75) is 32.6 Å². The van der Waals surface area contributed by atoms with Crippen LogP contribution in [-0.2, 0) is 14.8 Å². The van der Waals surface area contributed by atoms with Gasteiger partial charge in [-0.1, -0.05) is 22.0 Å². The Morgan fingerprint density at radius 1 is 0.929 bits per heavy atom. The summed E-state index contributed by atoms with van der Waals surface area (Å²) in [5.74, 6) is 0.0471. The Balaban J connectivity index is 1.61. The van der Waals surface area contributed by atoms with E-state index < -0.39 is 22.5 Å².